The van der Waals surface area contributed by atoms with E-state index in [0.717, 1.165) is 0 Å². The summed E-state index contributed by atoms with van der Waals surface area (Å²) in [5.74, 6) is 0.146. The molecule has 6 nitrogen and oxygen atoms in total. The summed E-state index contributed by atoms with van der Waals surface area (Å²) in [5, 5.41) is 10.5. The molecule has 0 bridgehead atoms. The topological polar surface area (TPSA) is 86.7 Å². The van der Waals surface area contributed by atoms with Gasteiger partial charge in [-0.2, -0.15) is 0 Å². The highest BCUT2D eigenvalue weighted by atomic mass is 16.1. The Morgan fingerprint density at radius 1 is 1.50 bits per heavy atom. The second-order valence-electron chi connectivity index (χ2n) is 2.40. The van der Waals surface area contributed by atoms with Crippen molar-refractivity contribution in [3.05, 3.63) is 6.33 Å². The first-order valence-electron chi connectivity index (χ1n) is 3.75. The summed E-state index contributed by atoms with van der Waals surface area (Å²) in [6, 6.07) is 0. The molecule has 0 radical (unpaired) electrons. The molecule has 0 aliphatic heterocycles. The van der Waals surface area contributed by atoms with Crippen molar-refractivity contribution < 1.29 is 4.79 Å². The third-order valence-corrected chi connectivity index (χ3v) is 1.43. The Hall–Kier alpha value is -1.30. The van der Waals surface area contributed by atoms with Gasteiger partial charge in [0.15, 0.2) is 0 Å². The summed E-state index contributed by atoms with van der Waals surface area (Å²) >= 11 is 0. The highest BCUT2D eigenvalue weighted by molar-refractivity contribution is 5.78. The third-order valence-electron chi connectivity index (χ3n) is 1.43. The molecule has 1 aromatic heterocycles. The number of nitrogens with zero attached hydrogens (tertiary/aromatic N) is 4. The van der Waals surface area contributed by atoms with Gasteiger partial charge in [-0.15, -0.1) is 5.10 Å². The lowest BCUT2D eigenvalue weighted by molar-refractivity contribution is -0.119. The van der Waals surface area contributed by atoms with Crippen LogP contribution >= 0.6 is 0 Å². The highest BCUT2D eigenvalue weighted by Gasteiger charge is 2.00. The molecular weight excluding hydrogens is 158 g/mol. The molecule has 0 saturated carbocycles. The lowest BCUT2D eigenvalue weighted by atomic mass is 10.2. The number of aryl methyl sites for hydroxylation is 1. The number of tetrazole rings is 1. The van der Waals surface area contributed by atoms with E-state index in [1.54, 1.807) is 0 Å². The van der Waals surface area contributed by atoms with E-state index in [2.05, 4.69) is 15.5 Å². The van der Waals surface area contributed by atoms with Crippen molar-refractivity contribution >= 4 is 5.78 Å². The first-order chi connectivity index (χ1) is 5.83. The van der Waals surface area contributed by atoms with Gasteiger partial charge in [-0.1, -0.05) is 0 Å². The normalized spacial score (nSPS) is 10.1. The van der Waals surface area contributed by atoms with E-state index < -0.39 is 0 Å². The minimum absolute atomic E-state index is 0.146. The lowest BCUT2D eigenvalue weighted by Gasteiger charge is -1.97. The van der Waals surface area contributed by atoms with Crippen LogP contribution in [0.2, 0.25) is 0 Å². The van der Waals surface area contributed by atoms with Crippen LogP contribution in [-0.2, 0) is 11.3 Å². The van der Waals surface area contributed by atoms with E-state index in [1.165, 1.54) is 11.0 Å². The van der Waals surface area contributed by atoms with E-state index in [0.29, 0.717) is 25.9 Å². The molecule has 0 amide bonds. The molecule has 0 aliphatic carbocycles. The Balaban J connectivity index is 2.22. The smallest absolute Gasteiger partial charge is 0.138 e. The average molecular weight is 169 g/mol. The summed E-state index contributed by atoms with van der Waals surface area (Å²) in [7, 11) is 0. The van der Waals surface area contributed by atoms with Gasteiger partial charge in [0.1, 0.15) is 12.1 Å². The van der Waals surface area contributed by atoms with Gasteiger partial charge in [-0.3, -0.25) is 4.79 Å². The van der Waals surface area contributed by atoms with Crippen molar-refractivity contribution in [1.29, 1.82) is 0 Å². The van der Waals surface area contributed by atoms with Crippen molar-refractivity contribution in [1.82, 2.24) is 20.2 Å². The number of nitrogens with two attached hydrogens (primary N) is 1. The molecule has 12 heavy (non-hydrogen) atoms. The molecule has 0 atom stereocenters. The molecule has 0 aromatic carbocycles. The van der Waals surface area contributed by atoms with Crippen molar-refractivity contribution in [2.24, 2.45) is 5.73 Å². The average Bonchev–Trinajstić information content (AvgIpc) is 2.53. The second kappa shape index (κ2) is 4.55. The van der Waals surface area contributed by atoms with E-state index in [4.69, 9.17) is 5.73 Å². The van der Waals surface area contributed by atoms with Gasteiger partial charge >= 0.3 is 0 Å². The molecule has 2 N–H and O–H groups in total. The highest BCUT2D eigenvalue weighted by Crippen LogP contribution is 1.91. The number of hydrogen-bond donors (Lipinski definition) is 1. The molecule has 0 aliphatic rings. The first-order valence-corrected chi connectivity index (χ1v) is 3.75. The molecule has 0 fully saturated rings. The number of ketones is 1. The zero-order chi connectivity index (χ0) is 8.81. The van der Waals surface area contributed by atoms with Crippen molar-refractivity contribution in [2.45, 2.75) is 19.4 Å². The Labute approximate surface area is 69.7 Å². The van der Waals surface area contributed by atoms with Crippen molar-refractivity contribution in [3.8, 4) is 0 Å². The number of carbonyl (C=O) groups excluding carboxylic acids is 1. The summed E-state index contributed by atoms with van der Waals surface area (Å²) in [6.45, 7) is 0.945. The van der Waals surface area contributed by atoms with Gasteiger partial charge in [-0.25, -0.2) is 4.68 Å². The Kier molecular flexibility index (Phi) is 3.34. The van der Waals surface area contributed by atoms with Crippen molar-refractivity contribution in [2.75, 3.05) is 6.54 Å². The largest absolute Gasteiger partial charge is 0.330 e. The Bertz CT molecular complexity index is 232. The Morgan fingerprint density at radius 3 is 2.92 bits per heavy atom. The van der Waals surface area contributed by atoms with Crippen LogP contribution in [0.25, 0.3) is 0 Å². The quantitative estimate of drug-likeness (QED) is 0.609. The van der Waals surface area contributed by atoms with Gasteiger partial charge in [0.05, 0.1) is 6.54 Å². The predicted molar refractivity (Wildman–Crippen MR) is 41.1 cm³/mol. The van der Waals surface area contributed by atoms with Crippen LogP contribution in [0.4, 0.5) is 0 Å². The van der Waals surface area contributed by atoms with E-state index >= 15 is 0 Å². The molecular formula is C6H11N5O. The molecule has 1 heterocycles. The number of Topliss-reactive ketones (excluding diaryl/α,β-unsaturated/α-hetero) is 1. The van der Waals surface area contributed by atoms with E-state index in [-0.39, 0.29) is 5.78 Å². The molecule has 66 valence electrons. The second-order valence-corrected chi connectivity index (χ2v) is 2.40. The molecule has 1 aromatic rings. The van der Waals surface area contributed by atoms with E-state index in [9.17, 15) is 4.79 Å². The van der Waals surface area contributed by atoms with E-state index in [1.807, 2.05) is 0 Å². The molecule has 6 heteroatoms. The van der Waals surface area contributed by atoms with Gasteiger partial charge in [-0.05, 0) is 17.0 Å². The third kappa shape index (κ3) is 2.75. The standard InChI is InChI=1S/C6H11N5O/c7-3-1-6(12)2-4-11-5-8-9-10-11/h5H,1-4,7H2. The van der Waals surface area contributed by atoms with Crippen LogP contribution < -0.4 is 5.73 Å². The van der Waals surface area contributed by atoms with Crippen LogP contribution in [-0.4, -0.2) is 32.5 Å². The van der Waals surface area contributed by atoms with Gasteiger partial charge in [0, 0.05) is 12.8 Å². The summed E-state index contributed by atoms with van der Waals surface area (Å²) in [6.07, 6.45) is 2.36. The fourth-order valence-corrected chi connectivity index (χ4v) is 0.808. The monoisotopic (exact) mass is 169 g/mol. The maximum absolute atomic E-state index is 11.0. The van der Waals surface area contributed by atoms with Crippen LogP contribution in [0.15, 0.2) is 6.33 Å². The van der Waals surface area contributed by atoms with Crippen molar-refractivity contribution in [3.63, 3.8) is 0 Å². The maximum atomic E-state index is 11.0. The SMILES string of the molecule is NCCC(=O)CCn1cnnn1. The number of aromatic nitrogens is 4. The maximum Gasteiger partial charge on any atom is 0.138 e. The van der Waals surface area contributed by atoms with Crippen LogP contribution in [0.5, 0.6) is 0 Å². The fourth-order valence-electron chi connectivity index (χ4n) is 0.808. The minimum atomic E-state index is 0.146. The van der Waals surface area contributed by atoms with Crippen LogP contribution in [0.3, 0.4) is 0 Å². The first kappa shape index (κ1) is 8.79. The Morgan fingerprint density at radius 2 is 2.33 bits per heavy atom. The predicted octanol–water partition coefficient (Wildman–Crippen LogP) is -1.02. The van der Waals surface area contributed by atoms with Gasteiger partial charge < -0.3 is 5.73 Å². The lowest BCUT2D eigenvalue weighted by Crippen LogP contribution is -2.11. The number of hydrogen-bond acceptors (Lipinski definition) is 5. The van der Waals surface area contributed by atoms with Gasteiger partial charge in [0.2, 0.25) is 0 Å². The zero-order valence-electron chi connectivity index (χ0n) is 6.68. The zero-order valence-corrected chi connectivity index (χ0v) is 6.68. The molecule has 0 saturated heterocycles. The molecule has 0 spiro atoms. The molecule has 1 rings (SSSR count). The summed E-state index contributed by atoms with van der Waals surface area (Å²) in [4.78, 5) is 11.0. The fraction of sp³-hybridized carbons (Fsp3) is 0.667. The summed E-state index contributed by atoms with van der Waals surface area (Å²) in [5.41, 5.74) is 5.21. The molecule has 0 unspecified atom stereocenters. The number of rotatable bonds is 5. The van der Waals surface area contributed by atoms with Crippen LogP contribution in [0.1, 0.15) is 12.8 Å². The van der Waals surface area contributed by atoms with Gasteiger partial charge in [0.25, 0.3) is 0 Å². The summed E-state index contributed by atoms with van der Waals surface area (Å²) < 4.78 is 1.52. The minimum Gasteiger partial charge on any atom is -0.330 e. The number of carbonyl (C=O) groups is 1. The van der Waals surface area contributed by atoms with Crippen LogP contribution in [0, 0.1) is 0 Å².